The van der Waals surface area contributed by atoms with Gasteiger partial charge >= 0.3 is 25.4 Å². The van der Waals surface area contributed by atoms with Crippen LogP contribution in [-0.4, -0.2) is 66.9 Å². The molecule has 0 saturated carbocycles. The van der Waals surface area contributed by atoms with Crippen LogP contribution in [0.15, 0.2) is 52.2 Å². The Hall–Kier alpha value is -2.52. The lowest BCUT2D eigenvalue weighted by Crippen LogP contribution is -2.46. The molecule has 17 heteroatoms. The van der Waals surface area contributed by atoms with Crippen LogP contribution >= 0.6 is 35.3 Å². The number of hydrogen-bond acceptors (Lipinski definition) is 11. The van der Waals surface area contributed by atoms with E-state index in [2.05, 4.69) is 26.0 Å². The first kappa shape index (κ1) is 35.0. The van der Waals surface area contributed by atoms with Gasteiger partial charge in [-0.05, 0) is 46.8 Å². The summed E-state index contributed by atoms with van der Waals surface area (Å²) in [5.41, 5.74) is -3.10. The van der Waals surface area contributed by atoms with Gasteiger partial charge in [0, 0.05) is 12.3 Å². The van der Waals surface area contributed by atoms with E-state index in [4.69, 9.17) is 34.9 Å². The van der Waals surface area contributed by atoms with Crippen molar-refractivity contribution in [3.05, 3.63) is 63.4 Å². The van der Waals surface area contributed by atoms with Crippen LogP contribution in [0.5, 0.6) is 5.75 Å². The predicted molar refractivity (Wildman–Crippen MR) is 158 cm³/mol. The van der Waals surface area contributed by atoms with Crippen LogP contribution in [0.3, 0.4) is 0 Å². The number of aliphatic hydroxyl groups is 1. The van der Waals surface area contributed by atoms with E-state index in [9.17, 15) is 28.8 Å². The Balaban J connectivity index is 1.95. The molecule has 0 bridgehead atoms. The van der Waals surface area contributed by atoms with Crippen molar-refractivity contribution in [1.29, 1.82) is 0 Å². The van der Waals surface area contributed by atoms with Gasteiger partial charge in [0.1, 0.15) is 17.9 Å². The van der Waals surface area contributed by atoms with Crippen LogP contribution in [0.1, 0.15) is 47.3 Å². The summed E-state index contributed by atoms with van der Waals surface area (Å²) in [6.45, 7) is 6.84. The SMILES string of the molecule is CC(C)OC(=O)[C@H](C)NP(=O)(OC[C@H]1O[C@@H](n2c(=O)cc[nH]c2=O)[C@](Cl)(Br)[C@@H]1OC(=O)CC(C)(C)O)Oc1ccccc1. The maximum atomic E-state index is 14.0. The fraction of sp³-hybridized carbons (Fsp3) is 0.538. The van der Waals surface area contributed by atoms with Crippen LogP contribution < -0.4 is 20.9 Å². The second-order valence-electron chi connectivity index (χ2n) is 10.6. The van der Waals surface area contributed by atoms with Crippen molar-refractivity contribution in [3.63, 3.8) is 0 Å². The molecule has 1 fully saturated rings. The van der Waals surface area contributed by atoms with Crippen molar-refractivity contribution in [2.24, 2.45) is 0 Å². The number of ether oxygens (including phenoxy) is 3. The van der Waals surface area contributed by atoms with Crippen molar-refractivity contribution in [2.45, 2.75) is 81.0 Å². The summed E-state index contributed by atoms with van der Waals surface area (Å²) in [5, 5.41) is 12.6. The number of carbonyl (C=O) groups excluding carboxylic acids is 2. The fourth-order valence-corrected chi connectivity index (χ4v) is 6.47. The zero-order valence-corrected chi connectivity index (χ0v) is 27.3. The predicted octanol–water partition coefficient (Wildman–Crippen LogP) is 2.97. The molecular formula is C26H34BrClN3O11P. The van der Waals surface area contributed by atoms with Crippen molar-refractivity contribution in [1.82, 2.24) is 14.6 Å². The van der Waals surface area contributed by atoms with Gasteiger partial charge in [0.2, 0.25) is 0 Å². The standard InChI is InChI=1S/C26H34BrClN3O11P/c1-15(2)39-22(34)16(3)30-43(37,42-17-9-7-6-8-10-17)38-14-18-21(41-20(33)13-25(4,5)36)26(27,28)23(40-18)31-19(32)11-12-29-24(31)35/h6-12,15-16,18,21,23,36H,13-14H2,1-5H3,(H,29,35)(H,30,37)/t16-,18+,21+,23+,26-,43?/m0/s1. The summed E-state index contributed by atoms with van der Waals surface area (Å²) < 4.78 is 40.7. The number of carbonyl (C=O) groups is 2. The minimum absolute atomic E-state index is 0.135. The Morgan fingerprint density at radius 2 is 1.88 bits per heavy atom. The third-order valence-electron chi connectivity index (χ3n) is 5.74. The van der Waals surface area contributed by atoms with Gasteiger partial charge in [0.05, 0.1) is 24.7 Å². The highest BCUT2D eigenvalue weighted by Gasteiger charge is 2.59. The van der Waals surface area contributed by atoms with Crippen LogP contribution in [0, 0.1) is 0 Å². The number of aromatic nitrogens is 2. The molecule has 0 radical (unpaired) electrons. The number of aromatic amines is 1. The van der Waals surface area contributed by atoms with Crippen LogP contribution in [0.4, 0.5) is 0 Å². The van der Waals surface area contributed by atoms with Crippen molar-refractivity contribution < 1.29 is 42.5 Å². The number of alkyl halides is 2. The quantitative estimate of drug-likeness (QED) is 0.157. The number of H-pyrrole nitrogens is 1. The van der Waals surface area contributed by atoms with Crippen LogP contribution in [0.25, 0.3) is 0 Å². The molecule has 1 aromatic heterocycles. The first-order valence-electron chi connectivity index (χ1n) is 13.1. The van der Waals surface area contributed by atoms with Gasteiger partial charge in [-0.2, -0.15) is 5.09 Å². The van der Waals surface area contributed by atoms with E-state index in [1.165, 1.54) is 32.9 Å². The topological polar surface area (TPSA) is 184 Å². The van der Waals surface area contributed by atoms with Gasteiger partial charge in [-0.25, -0.2) is 13.9 Å². The molecule has 6 atom stereocenters. The van der Waals surface area contributed by atoms with E-state index in [0.29, 0.717) is 4.57 Å². The smallest absolute Gasteiger partial charge is 0.459 e. The zero-order chi connectivity index (χ0) is 32.2. The summed E-state index contributed by atoms with van der Waals surface area (Å²) >= 11 is 9.99. The Kier molecular flexibility index (Phi) is 11.4. The molecule has 2 heterocycles. The van der Waals surface area contributed by atoms with Crippen LogP contribution in [0.2, 0.25) is 0 Å². The van der Waals surface area contributed by atoms with Crippen molar-refractivity contribution in [2.75, 3.05) is 6.61 Å². The number of para-hydroxylation sites is 1. The summed E-state index contributed by atoms with van der Waals surface area (Å²) in [4.78, 5) is 52.7. The minimum atomic E-state index is -4.40. The highest BCUT2D eigenvalue weighted by Crippen LogP contribution is 2.51. The molecule has 2 aromatic rings. The lowest BCUT2D eigenvalue weighted by molar-refractivity contribution is -0.157. The van der Waals surface area contributed by atoms with Crippen molar-refractivity contribution >= 4 is 47.2 Å². The number of halogens is 2. The molecule has 1 unspecified atom stereocenters. The van der Waals surface area contributed by atoms with E-state index < -0.39 is 83.9 Å². The molecule has 1 aromatic carbocycles. The second kappa shape index (κ2) is 14.1. The maximum Gasteiger partial charge on any atom is 0.459 e. The van der Waals surface area contributed by atoms with E-state index in [-0.39, 0.29) is 5.75 Å². The van der Waals surface area contributed by atoms with Gasteiger partial charge in [0.25, 0.3) is 5.56 Å². The van der Waals surface area contributed by atoms with E-state index in [1.54, 1.807) is 32.0 Å². The Morgan fingerprint density at radius 3 is 2.47 bits per heavy atom. The number of rotatable bonds is 13. The molecule has 0 spiro atoms. The molecule has 14 nitrogen and oxygen atoms in total. The summed E-state index contributed by atoms with van der Waals surface area (Å²) in [6.07, 6.45) is -4.13. The molecule has 0 amide bonds. The second-order valence-corrected chi connectivity index (χ2v) is 14.7. The molecule has 1 saturated heterocycles. The van der Waals surface area contributed by atoms with E-state index in [1.807, 2.05) is 0 Å². The van der Waals surface area contributed by atoms with E-state index in [0.717, 1.165) is 12.3 Å². The highest BCUT2D eigenvalue weighted by molar-refractivity contribution is 9.10. The number of esters is 2. The van der Waals surface area contributed by atoms with Gasteiger partial charge < -0.3 is 28.8 Å². The zero-order valence-electron chi connectivity index (χ0n) is 24.0. The number of benzene rings is 1. The van der Waals surface area contributed by atoms with Gasteiger partial charge in [-0.3, -0.25) is 18.9 Å². The molecule has 3 N–H and O–H groups in total. The van der Waals surface area contributed by atoms with Gasteiger partial charge in [-0.15, -0.1) is 0 Å². The lowest BCUT2D eigenvalue weighted by Gasteiger charge is -2.29. The third-order valence-corrected chi connectivity index (χ3v) is 8.63. The Labute approximate surface area is 260 Å². The molecule has 43 heavy (non-hydrogen) atoms. The largest absolute Gasteiger partial charge is 0.462 e. The summed E-state index contributed by atoms with van der Waals surface area (Å²) in [7, 11) is -4.40. The number of hydrogen-bond donors (Lipinski definition) is 3. The van der Waals surface area contributed by atoms with Crippen molar-refractivity contribution in [3.8, 4) is 5.75 Å². The lowest BCUT2D eigenvalue weighted by atomic mass is 10.1. The summed E-state index contributed by atoms with van der Waals surface area (Å²) in [6, 6.07) is 7.88. The third kappa shape index (κ3) is 9.48. The Morgan fingerprint density at radius 1 is 1.23 bits per heavy atom. The molecular weight excluding hydrogens is 677 g/mol. The van der Waals surface area contributed by atoms with Gasteiger partial charge in [-0.1, -0.05) is 45.7 Å². The molecule has 1 aliphatic rings. The first-order valence-corrected chi connectivity index (χ1v) is 15.9. The van der Waals surface area contributed by atoms with Gasteiger partial charge in [0.15, 0.2) is 16.1 Å². The molecule has 3 rings (SSSR count). The molecule has 238 valence electrons. The normalized spacial score (nSPS) is 24.3. The monoisotopic (exact) mass is 709 g/mol. The average Bonchev–Trinajstić information content (AvgIpc) is 3.11. The number of nitrogens with one attached hydrogen (secondary N) is 2. The highest BCUT2D eigenvalue weighted by atomic mass is 79.9. The summed E-state index contributed by atoms with van der Waals surface area (Å²) in [5.74, 6) is -1.48. The average molecular weight is 711 g/mol. The number of nitrogens with zero attached hydrogens (tertiary/aromatic N) is 1. The first-order chi connectivity index (χ1) is 19.9. The minimum Gasteiger partial charge on any atom is -0.462 e. The molecule has 1 aliphatic heterocycles. The van der Waals surface area contributed by atoms with E-state index >= 15 is 0 Å². The maximum absolute atomic E-state index is 14.0. The Bertz CT molecular complexity index is 1420. The van der Waals surface area contributed by atoms with Crippen LogP contribution in [-0.2, 0) is 32.9 Å². The fourth-order valence-electron chi connectivity index (χ4n) is 3.93. The molecule has 0 aliphatic carbocycles.